The normalized spacial score (nSPS) is 15.5. The molecule has 0 saturated carbocycles. The molecule has 31 heavy (non-hydrogen) atoms. The Kier molecular flexibility index (Phi) is 8.79. The molecule has 1 fully saturated rings. The maximum Gasteiger partial charge on any atom is 0.263 e. The van der Waals surface area contributed by atoms with Crippen LogP contribution in [0.4, 0.5) is 5.69 Å². The molecule has 3 aromatic rings. The number of piperidine rings is 1. The Morgan fingerprint density at radius 2 is 2.10 bits per heavy atom. The Morgan fingerprint density at radius 1 is 1.26 bits per heavy atom. The summed E-state index contributed by atoms with van der Waals surface area (Å²) in [5, 5.41) is 6.22. The standard InChI is InChI=1S/C21H24N6O2.2ClH/c1-15-6-10-26(13-16-4-2-7-22-12-16)21(29)18(15)20(28)25-17-5-3-8-24-19(17)27-11-9-23-14-27;;/h3,5-6,8-11,14,16,22H,2,4,7,12-13H2,1H3,(H,25,28);2*1H. The largest absolute Gasteiger partial charge is 0.319 e. The molecule has 1 aliphatic rings. The number of amides is 1. The highest BCUT2D eigenvalue weighted by Crippen LogP contribution is 2.18. The van der Waals surface area contributed by atoms with E-state index in [1.807, 2.05) is 6.07 Å². The summed E-state index contributed by atoms with van der Waals surface area (Å²) in [5.74, 6) is 0.504. The van der Waals surface area contributed by atoms with Gasteiger partial charge in [0.05, 0.1) is 5.69 Å². The Morgan fingerprint density at radius 3 is 2.81 bits per heavy atom. The molecule has 4 rings (SSSR count). The van der Waals surface area contributed by atoms with E-state index in [4.69, 9.17) is 0 Å². The van der Waals surface area contributed by atoms with Crippen molar-refractivity contribution >= 4 is 36.4 Å². The molecule has 0 radical (unpaired) electrons. The van der Waals surface area contributed by atoms with Crippen molar-refractivity contribution in [3.8, 4) is 5.82 Å². The van der Waals surface area contributed by atoms with Gasteiger partial charge in [0.15, 0.2) is 5.82 Å². The van der Waals surface area contributed by atoms with Gasteiger partial charge >= 0.3 is 0 Å². The van der Waals surface area contributed by atoms with Gasteiger partial charge in [0.2, 0.25) is 0 Å². The smallest absolute Gasteiger partial charge is 0.263 e. The number of pyridine rings is 2. The minimum Gasteiger partial charge on any atom is -0.319 e. The first kappa shape index (κ1) is 24.6. The molecular weight excluding hydrogens is 439 g/mol. The van der Waals surface area contributed by atoms with Crippen LogP contribution in [-0.2, 0) is 6.54 Å². The van der Waals surface area contributed by atoms with Crippen molar-refractivity contribution in [2.45, 2.75) is 26.3 Å². The molecule has 0 spiro atoms. The van der Waals surface area contributed by atoms with Crippen molar-refractivity contribution in [2.24, 2.45) is 5.92 Å². The molecule has 0 aromatic carbocycles. The summed E-state index contributed by atoms with van der Waals surface area (Å²) in [6.07, 6.45) is 10.6. The van der Waals surface area contributed by atoms with Gasteiger partial charge in [-0.15, -0.1) is 24.8 Å². The van der Waals surface area contributed by atoms with Crippen LogP contribution >= 0.6 is 24.8 Å². The van der Waals surface area contributed by atoms with Crippen molar-refractivity contribution in [1.29, 1.82) is 0 Å². The molecule has 3 aromatic heterocycles. The number of imidazole rings is 1. The number of aromatic nitrogens is 4. The predicted molar refractivity (Wildman–Crippen MR) is 125 cm³/mol. The number of hydrogen-bond donors (Lipinski definition) is 2. The van der Waals surface area contributed by atoms with Crippen molar-refractivity contribution in [3.63, 3.8) is 0 Å². The van der Waals surface area contributed by atoms with Crippen LogP contribution in [0, 0.1) is 12.8 Å². The zero-order valence-corrected chi connectivity index (χ0v) is 18.8. The Bertz CT molecular complexity index is 1060. The lowest BCUT2D eigenvalue weighted by Gasteiger charge is -2.23. The van der Waals surface area contributed by atoms with E-state index in [0.717, 1.165) is 25.9 Å². The van der Waals surface area contributed by atoms with Crippen LogP contribution in [0.2, 0.25) is 0 Å². The maximum atomic E-state index is 13.1. The van der Waals surface area contributed by atoms with Crippen LogP contribution in [0.3, 0.4) is 0 Å². The number of anilines is 1. The van der Waals surface area contributed by atoms with E-state index in [9.17, 15) is 9.59 Å². The van der Waals surface area contributed by atoms with Gasteiger partial charge in [-0.25, -0.2) is 9.97 Å². The fraction of sp³-hybridized carbons (Fsp3) is 0.333. The van der Waals surface area contributed by atoms with Gasteiger partial charge in [-0.3, -0.25) is 14.2 Å². The number of carbonyl (C=O) groups excluding carboxylic acids is 1. The van der Waals surface area contributed by atoms with Crippen molar-refractivity contribution in [3.05, 3.63) is 70.8 Å². The fourth-order valence-electron chi connectivity index (χ4n) is 3.71. The highest BCUT2D eigenvalue weighted by atomic mass is 35.5. The van der Waals surface area contributed by atoms with Crippen LogP contribution in [0.5, 0.6) is 0 Å². The van der Waals surface area contributed by atoms with Crippen LogP contribution < -0.4 is 16.2 Å². The van der Waals surface area contributed by atoms with Crippen LogP contribution in [0.1, 0.15) is 28.8 Å². The molecular formula is C21H26Cl2N6O2. The summed E-state index contributed by atoms with van der Waals surface area (Å²) >= 11 is 0. The molecule has 8 nitrogen and oxygen atoms in total. The second kappa shape index (κ2) is 11.1. The van der Waals surface area contributed by atoms with Crippen molar-refractivity contribution in [2.75, 3.05) is 18.4 Å². The van der Waals surface area contributed by atoms with E-state index >= 15 is 0 Å². The topological polar surface area (TPSA) is 93.8 Å². The molecule has 166 valence electrons. The zero-order chi connectivity index (χ0) is 20.2. The summed E-state index contributed by atoms with van der Waals surface area (Å²) in [6.45, 7) is 4.31. The lowest BCUT2D eigenvalue weighted by atomic mass is 9.99. The Labute approximate surface area is 192 Å². The van der Waals surface area contributed by atoms with E-state index < -0.39 is 5.91 Å². The summed E-state index contributed by atoms with van der Waals surface area (Å²) in [5.41, 5.74) is 1.07. The minimum atomic E-state index is -0.432. The molecule has 1 atom stereocenters. The van der Waals surface area contributed by atoms with E-state index in [2.05, 4.69) is 20.6 Å². The number of aryl methyl sites for hydroxylation is 1. The first-order valence-electron chi connectivity index (χ1n) is 9.79. The number of nitrogens with zero attached hydrogens (tertiary/aromatic N) is 4. The molecule has 0 aliphatic carbocycles. The van der Waals surface area contributed by atoms with Gasteiger partial charge in [-0.2, -0.15) is 0 Å². The van der Waals surface area contributed by atoms with Gasteiger partial charge in [-0.05, 0) is 62.5 Å². The molecule has 1 aliphatic heterocycles. The number of halogens is 2. The molecule has 4 heterocycles. The third-order valence-corrected chi connectivity index (χ3v) is 5.24. The van der Waals surface area contributed by atoms with E-state index in [-0.39, 0.29) is 35.9 Å². The first-order chi connectivity index (χ1) is 14.1. The van der Waals surface area contributed by atoms with E-state index in [1.54, 1.807) is 59.3 Å². The van der Waals surface area contributed by atoms with E-state index in [1.165, 1.54) is 0 Å². The van der Waals surface area contributed by atoms with Crippen LogP contribution in [0.15, 0.2) is 54.1 Å². The van der Waals surface area contributed by atoms with Gasteiger partial charge in [0.1, 0.15) is 11.9 Å². The zero-order valence-electron chi connectivity index (χ0n) is 17.2. The number of rotatable bonds is 5. The molecule has 1 unspecified atom stereocenters. The second-order valence-corrected chi connectivity index (χ2v) is 7.34. The van der Waals surface area contributed by atoms with Crippen molar-refractivity contribution < 1.29 is 4.79 Å². The third-order valence-electron chi connectivity index (χ3n) is 5.24. The molecule has 1 amide bonds. The minimum absolute atomic E-state index is 0. The predicted octanol–water partition coefficient (Wildman–Crippen LogP) is 2.83. The Hall–Kier alpha value is -2.68. The summed E-state index contributed by atoms with van der Waals surface area (Å²) in [4.78, 5) is 34.4. The second-order valence-electron chi connectivity index (χ2n) is 7.34. The monoisotopic (exact) mass is 464 g/mol. The summed E-state index contributed by atoms with van der Waals surface area (Å²) < 4.78 is 3.36. The van der Waals surface area contributed by atoms with Gasteiger partial charge < -0.3 is 15.2 Å². The average molecular weight is 465 g/mol. The quantitative estimate of drug-likeness (QED) is 0.605. The SMILES string of the molecule is Cc1ccn(CC2CCCNC2)c(=O)c1C(=O)Nc1cccnc1-n1ccnc1.Cl.Cl. The summed E-state index contributed by atoms with van der Waals surface area (Å²) in [6, 6.07) is 5.32. The van der Waals surface area contributed by atoms with Gasteiger partial charge in [0.25, 0.3) is 11.5 Å². The fourth-order valence-corrected chi connectivity index (χ4v) is 3.71. The van der Waals surface area contributed by atoms with Crippen LogP contribution in [0.25, 0.3) is 5.82 Å². The number of nitrogens with one attached hydrogen (secondary N) is 2. The Balaban J connectivity index is 0.00000171. The van der Waals surface area contributed by atoms with Gasteiger partial charge in [-0.1, -0.05) is 0 Å². The van der Waals surface area contributed by atoms with Crippen LogP contribution in [-0.4, -0.2) is 38.1 Å². The summed E-state index contributed by atoms with van der Waals surface area (Å²) in [7, 11) is 0. The van der Waals surface area contributed by atoms with Crippen molar-refractivity contribution in [1.82, 2.24) is 24.4 Å². The molecule has 0 bridgehead atoms. The molecule has 10 heteroatoms. The molecule has 2 N–H and O–H groups in total. The van der Waals surface area contributed by atoms with Gasteiger partial charge in [0, 0.05) is 31.3 Å². The third kappa shape index (κ3) is 5.52. The van der Waals surface area contributed by atoms with E-state index in [0.29, 0.717) is 29.5 Å². The average Bonchev–Trinajstić information content (AvgIpc) is 3.26. The molecule has 1 saturated heterocycles. The first-order valence-corrected chi connectivity index (χ1v) is 9.79. The number of carbonyl (C=O) groups is 1. The lowest BCUT2D eigenvalue weighted by Crippen LogP contribution is -2.36. The maximum absolute atomic E-state index is 13.1. The highest BCUT2D eigenvalue weighted by Gasteiger charge is 2.20. The lowest BCUT2D eigenvalue weighted by molar-refractivity contribution is 0.102. The highest BCUT2D eigenvalue weighted by molar-refractivity contribution is 6.05. The number of hydrogen-bond acceptors (Lipinski definition) is 5.